The fourth-order valence-corrected chi connectivity index (χ4v) is 4.33. The van der Waals surface area contributed by atoms with Crippen molar-refractivity contribution in [3.63, 3.8) is 0 Å². The highest BCUT2D eigenvalue weighted by Gasteiger charge is 2.34. The van der Waals surface area contributed by atoms with E-state index in [1.165, 1.54) is 16.4 Å². The lowest BCUT2D eigenvalue weighted by molar-refractivity contribution is -0.126. The molecular weight excluding hydrogens is 357 g/mol. The number of rotatable bonds is 5. The van der Waals surface area contributed by atoms with Crippen LogP contribution < -0.4 is 11.1 Å². The van der Waals surface area contributed by atoms with Crippen LogP contribution in [0.15, 0.2) is 23.1 Å². The van der Waals surface area contributed by atoms with Crippen LogP contribution in [0.1, 0.15) is 18.4 Å². The third kappa shape index (κ3) is 4.66. The average molecular weight is 380 g/mol. The molecule has 2 rings (SSSR count). The molecule has 0 saturated carbocycles. The summed E-state index contributed by atoms with van der Waals surface area (Å²) in [7, 11) is -3.95. The van der Waals surface area contributed by atoms with Crippen molar-refractivity contribution < 1.29 is 17.6 Å². The van der Waals surface area contributed by atoms with Crippen LogP contribution in [0.5, 0.6) is 0 Å². The summed E-state index contributed by atoms with van der Waals surface area (Å²) in [6, 6.07) is 3.99. The van der Waals surface area contributed by atoms with Crippen molar-refractivity contribution in [1.29, 1.82) is 0 Å². The topological polar surface area (TPSA) is 92.5 Å². The van der Waals surface area contributed by atoms with E-state index < -0.39 is 21.8 Å². The van der Waals surface area contributed by atoms with E-state index in [-0.39, 0.29) is 36.3 Å². The van der Waals surface area contributed by atoms with Gasteiger partial charge in [0.25, 0.3) is 0 Å². The molecule has 0 aromatic heterocycles. The van der Waals surface area contributed by atoms with Crippen molar-refractivity contribution in [2.45, 2.75) is 24.7 Å². The number of carbonyl (C=O) groups excluding carboxylic acids is 1. The molecule has 1 aliphatic heterocycles. The van der Waals surface area contributed by atoms with E-state index in [1.54, 1.807) is 6.92 Å². The Balaban J connectivity index is 0.00000288. The van der Waals surface area contributed by atoms with E-state index in [0.29, 0.717) is 31.5 Å². The van der Waals surface area contributed by atoms with Crippen LogP contribution in [0.4, 0.5) is 4.39 Å². The molecule has 0 spiro atoms. The maximum absolute atomic E-state index is 13.9. The zero-order valence-electron chi connectivity index (χ0n) is 13.5. The molecule has 0 bridgehead atoms. The number of hydrogen-bond acceptors (Lipinski definition) is 4. The summed E-state index contributed by atoms with van der Waals surface area (Å²) in [4.78, 5) is 11.7. The van der Waals surface area contributed by atoms with Gasteiger partial charge in [-0.15, -0.1) is 12.4 Å². The van der Waals surface area contributed by atoms with Gasteiger partial charge < -0.3 is 11.1 Å². The number of halogens is 2. The Hall–Kier alpha value is -1.22. The summed E-state index contributed by atoms with van der Waals surface area (Å²) in [5.41, 5.74) is 6.01. The van der Waals surface area contributed by atoms with Crippen LogP contribution >= 0.6 is 12.4 Å². The average Bonchev–Trinajstić information content (AvgIpc) is 2.54. The van der Waals surface area contributed by atoms with E-state index in [0.717, 1.165) is 6.07 Å². The van der Waals surface area contributed by atoms with Gasteiger partial charge in [0.15, 0.2) is 0 Å². The van der Waals surface area contributed by atoms with Gasteiger partial charge in [-0.25, -0.2) is 12.8 Å². The summed E-state index contributed by atoms with van der Waals surface area (Å²) in [6.45, 7) is 2.74. The van der Waals surface area contributed by atoms with Crippen molar-refractivity contribution in [2.24, 2.45) is 11.7 Å². The van der Waals surface area contributed by atoms with Gasteiger partial charge in [0.2, 0.25) is 15.9 Å². The van der Waals surface area contributed by atoms with Crippen LogP contribution in [0.2, 0.25) is 0 Å². The number of aryl methyl sites for hydroxylation is 1. The fourth-order valence-electron chi connectivity index (χ4n) is 2.66. The largest absolute Gasteiger partial charge is 0.355 e. The number of hydrogen-bond donors (Lipinski definition) is 2. The van der Waals surface area contributed by atoms with Crippen LogP contribution in [-0.4, -0.2) is 44.8 Å². The van der Waals surface area contributed by atoms with E-state index in [9.17, 15) is 17.6 Å². The van der Waals surface area contributed by atoms with Crippen LogP contribution in [0.25, 0.3) is 0 Å². The zero-order chi connectivity index (χ0) is 17.0. The lowest BCUT2D eigenvalue weighted by Crippen LogP contribution is -2.46. The molecule has 1 saturated heterocycles. The van der Waals surface area contributed by atoms with Gasteiger partial charge in [-0.2, -0.15) is 4.31 Å². The Kier molecular flexibility index (Phi) is 7.59. The molecule has 0 aliphatic carbocycles. The molecule has 1 heterocycles. The molecule has 136 valence electrons. The highest BCUT2D eigenvalue weighted by atomic mass is 35.5. The second-order valence-corrected chi connectivity index (χ2v) is 7.62. The Morgan fingerprint density at radius 1 is 1.46 bits per heavy atom. The van der Waals surface area contributed by atoms with Gasteiger partial charge in [-0.3, -0.25) is 4.79 Å². The van der Waals surface area contributed by atoms with Gasteiger partial charge in [-0.05, 0) is 37.5 Å². The molecular formula is C15H23ClFN3O3S. The molecule has 1 amide bonds. The summed E-state index contributed by atoms with van der Waals surface area (Å²) in [5.74, 6) is -1.41. The number of sulfonamides is 1. The number of benzene rings is 1. The summed E-state index contributed by atoms with van der Waals surface area (Å²) < 4.78 is 40.5. The Bertz CT molecular complexity index is 685. The van der Waals surface area contributed by atoms with Crippen LogP contribution in [-0.2, 0) is 14.8 Å². The minimum atomic E-state index is -3.95. The highest BCUT2D eigenvalue weighted by Crippen LogP contribution is 2.26. The first-order valence-electron chi connectivity index (χ1n) is 7.60. The first kappa shape index (κ1) is 20.8. The van der Waals surface area contributed by atoms with Gasteiger partial charge in [-0.1, -0.05) is 6.07 Å². The van der Waals surface area contributed by atoms with Crippen molar-refractivity contribution in [3.05, 3.63) is 29.6 Å². The number of carbonyl (C=O) groups is 1. The van der Waals surface area contributed by atoms with Crippen molar-refractivity contribution in [1.82, 2.24) is 9.62 Å². The molecule has 0 radical (unpaired) electrons. The Labute approximate surface area is 148 Å². The maximum atomic E-state index is 13.9. The molecule has 24 heavy (non-hydrogen) atoms. The van der Waals surface area contributed by atoms with E-state index in [2.05, 4.69) is 5.32 Å². The molecule has 1 fully saturated rings. The van der Waals surface area contributed by atoms with Gasteiger partial charge >= 0.3 is 0 Å². The lowest BCUT2D eigenvalue weighted by Gasteiger charge is -2.31. The second-order valence-electron chi connectivity index (χ2n) is 5.72. The molecule has 1 atom stereocenters. The maximum Gasteiger partial charge on any atom is 0.246 e. The van der Waals surface area contributed by atoms with Gasteiger partial charge in [0.05, 0.1) is 5.92 Å². The summed E-state index contributed by atoms with van der Waals surface area (Å²) in [5, 5.41) is 2.67. The number of piperidine rings is 1. The molecule has 1 unspecified atom stereocenters. The normalized spacial score (nSPS) is 18.7. The van der Waals surface area contributed by atoms with Gasteiger partial charge in [0.1, 0.15) is 10.7 Å². The minimum absolute atomic E-state index is 0. The van der Waals surface area contributed by atoms with E-state index >= 15 is 0 Å². The zero-order valence-corrected chi connectivity index (χ0v) is 15.1. The molecule has 3 N–H and O–H groups in total. The van der Waals surface area contributed by atoms with Gasteiger partial charge in [0, 0.05) is 26.2 Å². The highest BCUT2D eigenvalue weighted by molar-refractivity contribution is 7.89. The van der Waals surface area contributed by atoms with Crippen LogP contribution in [0.3, 0.4) is 0 Å². The monoisotopic (exact) mass is 379 g/mol. The quantitative estimate of drug-likeness (QED) is 0.799. The van der Waals surface area contributed by atoms with E-state index in [4.69, 9.17) is 5.73 Å². The molecule has 1 aromatic rings. The SMILES string of the molecule is Cc1ccc(F)c(S(=O)(=O)N2CCCC(C(=O)NCCN)C2)c1.Cl. The van der Waals surface area contributed by atoms with Crippen molar-refractivity contribution in [2.75, 3.05) is 26.2 Å². The molecule has 1 aromatic carbocycles. The van der Waals surface area contributed by atoms with Crippen LogP contribution in [0, 0.1) is 18.7 Å². The van der Waals surface area contributed by atoms with E-state index in [1.807, 2.05) is 0 Å². The number of amides is 1. The molecule has 9 heteroatoms. The predicted octanol–water partition coefficient (Wildman–Crippen LogP) is 1.03. The number of nitrogens with one attached hydrogen (secondary N) is 1. The Morgan fingerprint density at radius 3 is 2.83 bits per heavy atom. The summed E-state index contributed by atoms with van der Waals surface area (Å²) >= 11 is 0. The minimum Gasteiger partial charge on any atom is -0.355 e. The first-order chi connectivity index (χ1) is 10.9. The smallest absolute Gasteiger partial charge is 0.246 e. The predicted molar refractivity (Wildman–Crippen MR) is 91.9 cm³/mol. The Morgan fingerprint density at radius 2 is 2.17 bits per heavy atom. The molecule has 1 aliphatic rings. The standard InChI is InChI=1S/C15H22FN3O3S.ClH/c1-11-4-5-13(16)14(9-11)23(21,22)19-8-2-3-12(10-19)15(20)18-7-6-17;/h4-5,9,12H,2-3,6-8,10,17H2,1H3,(H,18,20);1H. The summed E-state index contributed by atoms with van der Waals surface area (Å²) in [6.07, 6.45) is 1.17. The van der Waals surface area contributed by atoms with Crippen molar-refractivity contribution in [3.8, 4) is 0 Å². The van der Waals surface area contributed by atoms with Crippen molar-refractivity contribution >= 4 is 28.3 Å². The fraction of sp³-hybridized carbons (Fsp3) is 0.533. The lowest BCUT2D eigenvalue weighted by atomic mass is 9.99. The number of nitrogens with two attached hydrogens (primary N) is 1. The second kappa shape index (κ2) is 8.75. The number of nitrogens with zero attached hydrogens (tertiary/aromatic N) is 1. The first-order valence-corrected chi connectivity index (χ1v) is 9.04. The third-order valence-electron chi connectivity index (χ3n) is 3.90. The third-order valence-corrected chi connectivity index (χ3v) is 5.78. The molecule has 6 nitrogen and oxygen atoms in total.